The van der Waals surface area contributed by atoms with Crippen LogP contribution in [0.1, 0.15) is 46.2 Å². The average molecular weight is 403 g/mol. The molecule has 138 valence electrons. The van der Waals surface area contributed by atoms with Gasteiger partial charge >= 0.3 is 0 Å². The number of thiazole rings is 1. The molecule has 2 atom stereocenters. The fourth-order valence-electron chi connectivity index (χ4n) is 3.59. The van der Waals surface area contributed by atoms with Gasteiger partial charge in [-0.1, -0.05) is 17.7 Å². The van der Waals surface area contributed by atoms with Crippen molar-refractivity contribution in [1.29, 1.82) is 0 Å². The Hall–Kier alpha value is -2.51. The van der Waals surface area contributed by atoms with E-state index in [1.54, 1.807) is 22.7 Å². The van der Waals surface area contributed by atoms with Crippen LogP contribution in [0.25, 0.3) is 0 Å². The van der Waals surface area contributed by atoms with Crippen LogP contribution in [0.4, 0.5) is 10.2 Å². The first-order chi connectivity index (χ1) is 13.0. The predicted octanol–water partition coefficient (Wildman–Crippen LogP) is 4.41. The van der Waals surface area contributed by atoms with Crippen LogP contribution in [0.3, 0.4) is 0 Å². The van der Waals surface area contributed by atoms with Gasteiger partial charge in [-0.15, -0.1) is 11.3 Å². The maximum absolute atomic E-state index is 13.9. The molecule has 2 N–H and O–H groups in total. The first-order valence-corrected chi connectivity index (χ1v) is 9.68. The summed E-state index contributed by atoms with van der Waals surface area (Å²) in [6.45, 7) is 1.89. The lowest BCUT2D eigenvalue weighted by Crippen LogP contribution is -2.42. The van der Waals surface area contributed by atoms with E-state index in [4.69, 9.17) is 17.3 Å². The maximum Gasteiger partial charge on any atom is 0.255 e. The number of pyridine rings is 1. The summed E-state index contributed by atoms with van der Waals surface area (Å²) >= 11 is 7.71. The largest absolute Gasteiger partial charge is 0.383 e. The lowest BCUT2D eigenvalue weighted by molar-refractivity contribution is 0.0546. The Balaban J connectivity index is 1.86. The Labute approximate surface area is 164 Å². The van der Waals surface area contributed by atoms with Gasteiger partial charge in [0.1, 0.15) is 11.6 Å². The lowest BCUT2D eigenvalue weighted by atomic mass is 9.89. The summed E-state index contributed by atoms with van der Waals surface area (Å²) in [6, 6.07) is 5.41. The van der Waals surface area contributed by atoms with E-state index in [1.165, 1.54) is 23.5 Å². The number of benzene rings is 1. The smallest absolute Gasteiger partial charge is 0.255 e. The second-order valence-electron chi connectivity index (χ2n) is 6.41. The monoisotopic (exact) mass is 402 g/mol. The summed E-state index contributed by atoms with van der Waals surface area (Å²) in [5, 5.41) is 2.17. The Morgan fingerprint density at radius 3 is 2.93 bits per heavy atom. The molecule has 1 amide bonds. The van der Waals surface area contributed by atoms with Crippen molar-refractivity contribution in [3.05, 3.63) is 74.6 Å². The van der Waals surface area contributed by atoms with Crippen molar-refractivity contribution < 1.29 is 9.18 Å². The number of halogens is 2. The molecule has 1 unspecified atom stereocenters. The van der Waals surface area contributed by atoms with Gasteiger partial charge < -0.3 is 10.6 Å². The highest BCUT2D eigenvalue weighted by molar-refractivity contribution is 7.07. The van der Waals surface area contributed by atoms with Crippen LogP contribution in [-0.4, -0.2) is 20.8 Å². The molecule has 27 heavy (non-hydrogen) atoms. The number of rotatable bonds is 3. The fraction of sp³-hybridized carbons (Fsp3) is 0.211. The van der Waals surface area contributed by atoms with Crippen LogP contribution in [0.5, 0.6) is 0 Å². The number of nitrogens with two attached hydrogens (primary N) is 1. The maximum atomic E-state index is 13.9. The molecule has 0 saturated heterocycles. The van der Waals surface area contributed by atoms with E-state index < -0.39 is 5.82 Å². The van der Waals surface area contributed by atoms with Crippen LogP contribution >= 0.6 is 22.9 Å². The Bertz CT molecular complexity index is 1010. The lowest BCUT2D eigenvalue weighted by Gasteiger charge is -2.40. The van der Waals surface area contributed by atoms with Gasteiger partial charge in [0, 0.05) is 34.1 Å². The molecule has 2 aromatic heterocycles. The summed E-state index contributed by atoms with van der Waals surface area (Å²) in [5.41, 5.74) is 10.2. The summed E-state index contributed by atoms with van der Waals surface area (Å²) in [6.07, 6.45) is 2.06. The van der Waals surface area contributed by atoms with E-state index >= 15 is 0 Å². The van der Waals surface area contributed by atoms with E-state index in [0.29, 0.717) is 17.8 Å². The van der Waals surface area contributed by atoms with Gasteiger partial charge in [-0.2, -0.15) is 0 Å². The van der Waals surface area contributed by atoms with Crippen molar-refractivity contribution in [1.82, 2.24) is 14.9 Å². The van der Waals surface area contributed by atoms with Crippen molar-refractivity contribution in [2.75, 3.05) is 5.73 Å². The second kappa shape index (κ2) is 6.90. The zero-order valence-electron chi connectivity index (χ0n) is 14.4. The topological polar surface area (TPSA) is 72.1 Å². The molecule has 0 bridgehead atoms. The van der Waals surface area contributed by atoms with Crippen molar-refractivity contribution in [3.8, 4) is 0 Å². The van der Waals surface area contributed by atoms with Gasteiger partial charge in [0.2, 0.25) is 0 Å². The average Bonchev–Trinajstić information content (AvgIpc) is 3.16. The van der Waals surface area contributed by atoms with Crippen LogP contribution in [0.15, 0.2) is 41.4 Å². The third kappa shape index (κ3) is 3.07. The van der Waals surface area contributed by atoms with Gasteiger partial charge in [-0.25, -0.2) is 14.4 Å². The molecule has 3 heterocycles. The highest BCUT2D eigenvalue weighted by Crippen LogP contribution is 2.41. The van der Waals surface area contributed by atoms with E-state index in [9.17, 15) is 9.18 Å². The third-order valence-corrected chi connectivity index (χ3v) is 5.83. The van der Waals surface area contributed by atoms with Gasteiger partial charge in [-0.05, 0) is 30.7 Å². The van der Waals surface area contributed by atoms with Gasteiger partial charge in [-0.3, -0.25) is 4.79 Å². The molecule has 1 aromatic carbocycles. The van der Waals surface area contributed by atoms with Crippen molar-refractivity contribution in [2.24, 2.45) is 0 Å². The van der Waals surface area contributed by atoms with Gasteiger partial charge in [0.05, 0.1) is 23.3 Å². The number of carbonyl (C=O) groups is 1. The number of nitrogens with zero attached hydrogens (tertiary/aromatic N) is 3. The highest BCUT2D eigenvalue weighted by Gasteiger charge is 2.39. The van der Waals surface area contributed by atoms with Crippen molar-refractivity contribution >= 4 is 34.7 Å². The number of hydrogen-bond acceptors (Lipinski definition) is 5. The van der Waals surface area contributed by atoms with E-state index in [1.807, 2.05) is 18.4 Å². The molecule has 0 fully saturated rings. The SMILES string of the molecule is C[C@H](c1cccnc1N)N1C(=O)c2cc(F)cc(Cl)c2CC1c1cscn1. The molecule has 0 aliphatic carbocycles. The summed E-state index contributed by atoms with van der Waals surface area (Å²) in [5.74, 6) is -0.475. The molecule has 1 aliphatic heterocycles. The quantitative estimate of drug-likeness (QED) is 0.704. The Morgan fingerprint density at radius 1 is 1.41 bits per heavy atom. The molecule has 8 heteroatoms. The molecular weight excluding hydrogens is 387 g/mol. The standard InChI is InChI=1S/C19H16ClFN4OS/c1-10(12-3-2-4-23-18(12)22)25-17(16-8-27-9-24-16)7-13-14(19(25)26)5-11(21)6-15(13)20/h2-6,8-10,17H,7H2,1H3,(H2,22,23)/t10-,17?/m1/s1. The molecule has 0 spiro atoms. The molecule has 0 saturated carbocycles. The van der Waals surface area contributed by atoms with E-state index in [2.05, 4.69) is 9.97 Å². The highest BCUT2D eigenvalue weighted by atomic mass is 35.5. The molecule has 3 aromatic rings. The van der Waals surface area contributed by atoms with E-state index in [-0.39, 0.29) is 28.6 Å². The number of anilines is 1. The van der Waals surface area contributed by atoms with Crippen LogP contribution in [-0.2, 0) is 6.42 Å². The third-order valence-electron chi connectivity index (χ3n) is 4.89. The number of nitrogen functional groups attached to an aromatic ring is 1. The molecule has 1 aliphatic rings. The summed E-state index contributed by atoms with van der Waals surface area (Å²) in [7, 11) is 0. The minimum Gasteiger partial charge on any atom is -0.383 e. The summed E-state index contributed by atoms with van der Waals surface area (Å²) in [4.78, 5) is 23.6. The van der Waals surface area contributed by atoms with Crippen LogP contribution < -0.4 is 5.73 Å². The first kappa shape index (κ1) is 17.9. The van der Waals surface area contributed by atoms with Crippen LogP contribution in [0.2, 0.25) is 5.02 Å². The zero-order valence-corrected chi connectivity index (χ0v) is 16.0. The molecule has 5 nitrogen and oxygen atoms in total. The Kier molecular flexibility index (Phi) is 4.57. The number of carbonyl (C=O) groups excluding carboxylic acids is 1. The second-order valence-corrected chi connectivity index (χ2v) is 7.54. The molecule has 0 radical (unpaired) electrons. The minimum absolute atomic E-state index is 0.256. The van der Waals surface area contributed by atoms with E-state index in [0.717, 1.165) is 11.3 Å². The minimum atomic E-state index is -0.535. The normalized spacial score (nSPS) is 17.7. The van der Waals surface area contributed by atoms with Crippen molar-refractivity contribution in [2.45, 2.75) is 25.4 Å². The number of hydrogen-bond donors (Lipinski definition) is 1. The molecule has 4 rings (SSSR count). The Morgan fingerprint density at radius 2 is 2.22 bits per heavy atom. The molecular formula is C19H16ClFN4OS. The first-order valence-electron chi connectivity index (χ1n) is 8.36. The van der Waals surface area contributed by atoms with Crippen molar-refractivity contribution in [3.63, 3.8) is 0 Å². The zero-order chi connectivity index (χ0) is 19.1. The predicted molar refractivity (Wildman–Crippen MR) is 103 cm³/mol. The summed E-state index contributed by atoms with van der Waals surface area (Å²) < 4.78 is 13.9. The number of amides is 1. The fourth-order valence-corrected chi connectivity index (χ4v) is 4.47. The number of aromatic nitrogens is 2. The van der Waals surface area contributed by atoms with Gasteiger partial charge in [0.25, 0.3) is 5.91 Å². The number of fused-ring (bicyclic) bond motifs is 1. The van der Waals surface area contributed by atoms with Gasteiger partial charge in [0.15, 0.2) is 0 Å². The van der Waals surface area contributed by atoms with Crippen LogP contribution in [0, 0.1) is 5.82 Å².